The van der Waals surface area contributed by atoms with Gasteiger partial charge in [-0.2, -0.15) is 0 Å². The van der Waals surface area contributed by atoms with Crippen LogP contribution in [0.3, 0.4) is 0 Å². The van der Waals surface area contributed by atoms with Gasteiger partial charge >= 0.3 is 0 Å². The molecular weight excluding hydrogens is 196 g/mol. The number of hydrogen-bond donors (Lipinski definition) is 1. The van der Waals surface area contributed by atoms with E-state index in [4.69, 9.17) is 5.73 Å². The minimum Gasteiger partial charge on any atom is -0.326 e. The van der Waals surface area contributed by atoms with E-state index in [9.17, 15) is 0 Å². The Balaban J connectivity index is 2.59. The number of nitrogens with zero attached hydrogens (tertiary/aromatic N) is 1. The van der Waals surface area contributed by atoms with E-state index in [0.717, 1.165) is 0 Å². The summed E-state index contributed by atoms with van der Waals surface area (Å²) in [6.45, 7) is 6.93. The van der Waals surface area contributed by atoms with E-state index in [1.807, 2.05) is 0 Å². The van der Waals surface area contributed by atoms with E-state index >= 15 is 0 Å². The van der Waals surface area contributed by atoms with Crippen LogP contribution < -0.4 is 5.73 Å². The first-order valence-electron chi connectivity index (χ1n) is 7.01. The van der Waals surface area contributed by atoms with Gasteiger partial charge in [-0.3, -0.25) is 4.90 Å². The SMILES string of the molecule is CC(C)C(C)N(C)C1CCCCCCC1N. The first kappa shape index (κ1) is 14.0. The molecule has 0 heterocycles. The van der Waals surface area contributed by atoms with E-state index in [-0.39, 0.29) is 0 Å². The van der Waals surface area contributed by atoms with E-state index in [2.05, 4.69) is 32.7 Å². The molecule has 0 spiro atoms. The van der Waals surface area contributed by atoms with Crippen LogP contribution in [0.2, 0.25) is 0 Å². The molecule has 1 aliphatic carbocycles. The third-order valence-electron chi connectivity index (χ3n) is 4.41. The van der Waals surface area contributed by atoms with Crippen molar-refractivity contribution in [1.82, 2.24) is 4.90 Å². The van der Waals surface area contributed by atoms with Gasteiger partial charge in [0, 0.05) is 18.1 Å². The van der Waals surface area contributed by atoms with Crippen molar-refractivity contribution in [3.05, 3.63) is 0 Å². The first-order chi connectivity index (χ1) is 7.54. The second-order valence-corrected chi connectivity index (χ2v) is 5.87. The van der Waals surface area contributed by atoms with Gasteiger partial charge in [0.25, 0.3) is 0 Å². The monoisotopic (exact) mass is 226 g/mol. The number of nitrogens with two attached hydrogens (primary N) is 1. The summed E-state index contributed by atoms with van der Waals surface area (Å²) in [6, 6.07) is 1.61. The molecule has 0 radical (unpaired) electrons. The summed E-state index contributed by atoms with van der Waals surface area (Å²) in [5.74, 6) is 0.711. The molecular formula is C14H30N2. The fourth-order valence-electron chi connectivity index (χ4n) is 2.77. The number of rotatable bonds is 3. The normalized spacial score (nSPS) is 30.2. The van der Waals surface area contributed by atoms with Gasteiger partial charge in [-0.05, 0) is 32.7 Å². The summed E-state index contributed by atoms with van der Waals surface area (Å²) in [5, 5.41) is 0. The van der Waals surface area contributed by atoms with Crippen molar-refractivity contribution in [3.8, 4) is 0 Å². The van der Waals surface area contributed by atoms with E-state index in [0.29, 0.717) is 24.0 Å². The highest BCUT2D eigenvalue weighted by Crippen LogP contribution is 2.23. The minimum atomic E-state index is 0.381. The van der Waals surface area contributed by atoms with Crippen LogP contribution in [0, 0.1) is 5.92 Å². The largest absolute Gasteiger partial charge is 0.326 e. The van der Waals surface area contributed by atoms with Gasteiger partial charge in [0.2, 0.25) is 0 Å². The van der Waals surface area contributed by atoms with Crippen LogP contribution in [0.5, 0.6) is 0 Å². The Morgan fingerprint density at radius 3 is 2.12 bits per heavy atom. The average Bonchev–Trinajstić information content (AvgIpc) is 2.22. The summed E-state index contributed by atoms with van der Waals surface area (Å²) in [7, 11) is 2.26. The van der Waals surface area contributed by atoms with Gasteiger partial charge in [-0.25, -0.2) is 0 Å². The van der Waals surface area contributed by atoms with Gasteiger partial charge in [-0.15, -0.1) is 0 Å². The van der Waals surface area contributed by atoms with Gasteiger partial charge in [0.1, 0.15) is 0 Å². The molecule has 0 aromatic carbocycles. The highest BCUT2D eigenvalue weighted by Gasteiger charge is 2.27. The number of hydrogen-bond acceptors (Lipinski definition) is 2. The Kier molecular flexibility index (Phi) is 5.77. The lowest BCUT2D eigenvalue weighted by atomic mass is 9.90. The molecule has 0 aliphatic heterocycles. The molecule has 1 aliphatic rings. The maximum Gasteiger partial charge on any atom is 0.0247 e. The third kappa shape index (κ3) is 3.74. The zero-order valence-electron chi connectivity index (χ0n) is 11.6. The van der Waals surface area contributed by atoms with Gasteiger partial charge in [0.15, 0.2) is 0 Å². The standard InChI is InChI=1S/C14H30N2/c1-11(2)12(3)16(4)14-10-8-6-5-7-9-13(14)15/h11-14H,5-10,15H2,1-4H3. The highest BCUT2D eigenvalue weighted by atomic mass is 15.2. The van der Waals surface area contributed by atoms with Crippen LogP contribution in [0.1, 0.15) is 59.3 Å². The van der Waals surface area contributed by atoms with Gasteiger partial charge in [-0.1, -0.05) is 39.5 Å². The minimum absolute atomic E-state index is 0.381. The van der Waals surface area contributed by atoms with Crippen molar-refractivity contribution in [2.24, 2.45) is 11.7 Å². The lowest BCUT2D eigenvalue weighted by Crippen LogP contribution is -2.51. The molecule has 2 nitrogen and oxygen atoms in total. The van der Waals surface area contributed by atoms with Crippen molar-refractivity contribution in [2.45, 2.75) is 77.4 Å². The molecule has 2 N–H and O–H groups in total. The van der Waals surface area contributed by atoms with Crippen LogP contribution in [-0.4, -0.2) is 30.1 Å². The molecule has 3 unspecified atom stereocenters. The summed E-state index contributed by atoms with van der Waals surface area (Å²) in [4.78, 5) is 2.53. The molecule has 16 heavy (non-hydrogen) atoms. The molecule has 1 fully saturated rings. The molecule has 0 amide bonds. The predicted molar refractivity (Wildman–Crippen MR) is 71.5 cm³/mol. The molecule has 1 saturated carbocycles. The number of likely N-dealkylation sites (N-methyl/N-ethyl adjacent to an activating group) is 1. The van der Waals surface area contributed by atoms with Gasteiger partial charge in [0.05, 0.1) is 0 Å². The third-order valence-corrected chi connectivity index (χ3v) is 4.41. The first-order valence-corrected chi connectivity index (χ1v) is 7.01. The van der Waals surface area contributed by atoms with Crippen LogP contribution in [0.25, 0.3) is 0 Å². The van der Waals surface area contributed by atoms with Crippen molar-refractivity contribution in [1.29, 1.82) is 0 Å². The molecule has 0 saturated heterocycles. The Morgan fingerprint density at radius 2 is 1.56 bits per heavy atom. The van der Waals surface area contributed by atoms with Gasteiger partial charge < -0.3 is 5.73 Å². The van der Waals surface area contributed by atoms with Crippen molar-refractivity contribution in [2.75, 3.05) is 7.05 Å². The summed E-state index contributed by atoms with van der Waals surface area (Å²) < 4.78 is 0. The average molecular weight is 226 g/mol. The topological polar surface area (TPSA) is 29.3 Å². The smallest absolute Gasteiger partial charge is 0.0247 e. The summed E-state index contributed by atoms with van der Waals surface area (Å²) in [5.41, 5.74) is 6.35. The van der Waals surface area contributed by atoms with Crippen LogP contribution >= 0.6 is 0 Å². The molecule has 96 valence electrons. The van der Waals surface area contributed by atoms with Crippen molar-refractivity contribution in [3.63, 3.8) is 0 Å². The van der Waals surface area contributed by atoms with Crippen molar-refractivity contribution < 1.29 is 0 Å². The fraction of sp³-hybridized carbons (Fsp3) is 1.00. The zero-order valence-corrected chi connectivity index (χ0v) is 11.6. The fourth-order valence-corrected chi connectivity index (χ4v) is 2.77. The molecule has 2 heteroatoms. The molecule has 0 aromatic heterocycles. The zero-order chi connectivity index (χ0) is 12.1. The Labute approximate surface area is 102 Å². The van der Waals surface area contributed by atoms with Crippen LogP contribution in [-0.2, 0) is 0 Å². The second-order valence-electron chi connectivity index (χ2n) is 5.87. The molecule has 3 atom stereocenters. The summed E-state index contributed by atoms with van der Waals surface area (Å²) >= 11 is 0. The van der Waals surface area contributed by atoms with E-state index in [1.165, 1.54) is 38.5 Å². The Hall–Kier alpha value is -0.0800. The maximum atomic E-state index is 6.35. The predicted octanol–water partition coefficient (Wildman–Crippen LogP) is 3.01. The lowest BCUT2D eigenvalue weighted by molar-refractivity contribution is 0.112. The van der Waals surface area contributed by atoms with E-state index in [1.54, 1.807) is 0 Å². The highest BCUT2D eigenvalue weighted by molar-refractivity contribution is 4.85. The van der Waals surface area contributed by atoms with Crippen molar-refractivity contribution >= 4 is 0 Å². The molecule has 0 bridgehead atoms. The molecule has 1 rings (SSSR count). The Morgan fingerprint density at radius 1 is 1.00 bits per heavy atom. The maximum absolute atomic E-state index is 6.35. The molecule has 0 aromatic rings. The second kappa shape index (κ2) is 6.61. The van der Waals surface area contributed by atoms with E-state index < -0.39 is 0 Å². The quantitative estimate of drug-likeness (QED) is 0.801. The lowest BCUT2D eigenvalue weighted by Gasteiger charge is -2.39. The summed E-state index contributed by atoms with van der Waals surface area (Å²) in [6.07, 6.45) is 7.95. The van der Waals surface area contributed by atoms with Crippen LogP contribution in [0.15, 0.2) is 0 Å². The van der Waals surface area contributed by atoms with Crippen LogP contribution in [0.4, 0.5) is 0 Å². The Bertz CT molecular complexity index is 191.